The van der Waals surface area contributed by atoms with Crippen LogP contribution in [0, 0.1) is 0 Å². The van der Waals surface area contributed by atoms with E-state index >= 15 is 0 Å². The molecule has 2 nitrogen and oxygen atoms in total. The van der Waals surface area contributed by atoms with Crippen molar-refractivity contribution in [1.29, 1.82) is 0 Å². The quantitative estimate of drug-likeness (QED) is 0.839. The van der Waals surface area contributed by atoms with E-state index in [9.17, 15) is 0 Å². The van der Waals surface area contributed by atoms with E-state index in [1.807, 2.05) is 24.3 Å². The van der Waals surface area contributed by atoms with Gasteiger partial charge in [0.1, 0.15) is 0 Å². The highest BCUT2D eigenvalue weighted by Crippen LogP contribution is 2.21. The van der Waals surface area contributed by atoms with E-state index in [2.05, 4.69) is 6.92 Å². The molecule has 0 heterocycles. The highest BCUT2D eigenvalue weighted by Gasteiger charge is 2.17. The minimum atomic E-state index is -0.0767. The number of nitrogens with two attached hydrogens (primary N) is 1. The molecule has 2 N–H and O–H groups in total. The molecule has 0 aliphatic carbocycles. The molecule has 1 rings (SSSR count). The third-order valence-electron chi connectivity index (χ3n) is 2.53. The maximum Gasteiger partial charge on any atom is 0.0763 e. The van der Waals surface area contributed by atoms with Gasteiger partial charge < -0.3 is 10.5 Å². The average molecular weight is 228 g/mol. The van der Waals surface area contributed by atoms with Crippen LogP contribution in [0.3, 0.4) is 0 Å². The van der Waals surface area contributed by atoms with Gasteiger partial charge in [-0.1, -0.05) is 37.1 Å². The Morgan fingerprint density at radius 3 is 2.40 bits per heavy atom. The van der Waals surface area contributed by atoms with Gasteiger partial charge in [-0.2, -0.15) is 0 Å². The molecule has 0 amide bonds. The zero-order chi connectivity index (χ0) is 11.3. The van der Waals surface area contributed by atoms with Crippen molar-refractivity contribution in [3.8, 4) is 0 Å². The first-order valence-electron chi connectivity index (χ1n) is 5.22. The van der Waals surface area contributed by atoms with Gasteiger partial charge in [0.15, 0.2) is 0 Å². The van der Waals surface area contributed by atoms with Crippen LogP contribution in [-0.2, 0) is 4.74 Å². The van der Waals surface area contributed by atoms with E-state index in [0.717, 1.165) is 23.4 Å². The van der Waals surface area contributed by atoms with E-state index in [1.165, 1.54) is 0 Å². The van der Waals surface area contributed by atoms with Crippen LogP contribution in [0.15, 0.2) is 24.3 Å². The summed E-state index contributed by atoms with van der Waals surface area (Å²) in [5.74, 6) is 0. The van der Waals surface area contributed by atoms with Gasteiger partial charge in [0.05, 0.1) is 12.1 Å². The zero-order valence-corrected chi connectivity index (χ0v) is 10.00. The minimum absolute atomic E-state index is 0.0767. The third kappa shape index (κ3) is 3.49. The molecule has 0 aromatic heterocycles. The predicted octanol–water partition coefficient (Wildman–Crippen LogP) is 3.15. The second-order valence-electron chi connectivity index (χ2n) is 3.64. The molecule has 0 bridgehead atoms. The van der Waals surface area contributed by atoms with Gasteiger partial charge in [-0.25, -0.2) is 0 Å². The number of hydrogen-bond donors (Lipinski definition) is 1. The number of benzene rings is 1. The molecule has 1 aromatic carbocycles. The van der Waals surface area contributed by atoms with E-state index in [0.29, 0.717) is 0 Å². The Labute approximate surface area is 96.4 Å². The Balaban J connectivity index is 2.73. The lowest BCUT2D eigenvalue weighted by atomic mass is 9.99. The van der Waals surface area contributed by atoms with Crippen molar-refractivity contribution in [2.45, 2.75) is 31.9 Å². The Kier molecular flexibility index (Phi) is 5.09. The third-order valence-corrected chi connectivity index (χ3v) is 2.78. The normalized spacial score (nSPS) is 14.9. The van der Waals surface area contributed by atoms with Crippen molar-refractivity contribution in [3.05, 3.63) is 34.9 Å². The average Bonchev–Trinajstić information content (AvgIpc) is 2.26. The van der Waals surface area contributed by atoms with Gasteiger partial charge in [-0.3, -0.25) is 0 Å². The van der Waals surface area contributed by atoms with Crippen LogP contribution in [0.5, 0.6) is 0 Å². The first-order chi connectivity index (χ1) is 7.19. The molecule has 15 heavy (non-hydrogen) atoms. The molecule has 2 unspecified atom stereocenters. The summed E-state index contributed by atoms with van der Waals surface area (Å²) in [6.07, 6.45) is 2.12. The van der Waals surface area contributed by atoms with E-state index in [1.54, 1.807) is 7.11 Å². The lowest BCUT2D eigenvalue weighted by molar-refractivity contribution is 0.0725. The van der Waals surface area contributed by atoms with Crippen molar-refractivity contribution >= 4 is 11.6 Å². The monoisotopic (exact) mass is 227 g/mol. The number of hydrogen-bond acceptors (Lipinski definition) is 2. The van der Waals surface area contributed by atoms with Gasteiger partial charge in [-0.05, 0) is 24.1 Å². The number of ether oxygens (including phenoxy) is 1. The molecular weight excluding hydrogens is 210 g/mol. The Morgan fingerprint density at radius 2 is 1.93 bits per heavy atom. The molecule has 0 spiro atoms. The molecule has 0 radical (unpaired) electrons. The summed E-state index contributed by atoms with van der Waals surface area (Å²) >= 11 is 5.82. The summed E-state index contributed by atoms with van der Waals surface area (Å²) in [6.45, 7) is 2.13. The fourth-order valence-corrected chi connectivity index (χ4v) is 1.75. The first-order valence-corrected chi connectivity index (χ1v) is 5.60. The summed E-state index contributed by atoms with van der Waals surface area (Å²) < 4.78 is 5.38. The smallest absolute Gasteiger partial charge is 0.0763 e. The summed E-state index contributed by atoms with van der Waals surface area (Å²) in [4.78, 5) is 0. The SMILES string of the molecule is CCCC(OC)C(N)c1ccc(Cl)cc1. The summed E-state index contributed by atoms with van der Waals surface area (Å²) in [6, 6.07) is 7.54. The van der Waals surface area contributed by atoms with Gasteiger partial charge in [0, 0.05) is 12.1 Å². The Hall–Kier alpha value is -0.570. The molecular formula is C12H18ClNO. The van der Waals surface area contributed by atoms with Crippen LogP contribution in [0.25, 0.3) is 0 Å². The number of methoxy groups -OCH3 is 1. The largest absolute Gasteiger partial charge is 0.379 e. The maximum absolute atomic E-state index is 6.12. The lowest BCUT2D eigenvalue weighted by Gasteiger charge is -2.22. The van der Waals surface area contributed by atoms with Gasteiger partial charge in [0.25, 0.3) is 0 Å². The van der Waals surface area contributed by atoms with Gasteiger partial charge in [-0.15, -0.1) is 0 Å². The highest BCUT2D eigenvalue weighted by atomic mass is 35.5. The van der Waals surface area contributed by atoms with E-state index in [-0.39, 0.29) is 12.1 Å². The van der Waals surface area contributed by atoms with Crippen molar-refractivity contribution in [3.63, 3.8) is 0 Å². The molecule has 0 saturated heterocycles. The molecule has 0 aliphatic rings. The highest BCUT2D eigenvalue weighted by molar-refractivity contribution is 6.30. The van der Waals surface area contributed by atoms with E-state index < -0.39 is 0 Å². The predicted molar refractivity (Wildman–Crippen MR) is 64.1 cm³/mol. The number of rotatable bonds is 5. The standard InChI is InChI=1S/C12H18ClNO/c1-3-4-11(15-2)12(14)9-5-7-10(13)8-6-9/h5-8,11-12H,3-4,14H2,1-2H3. The molecule has 84 valence electrons. The van der Waals surface area contributed by atoms with Gasteiger partial charge >= 0.3 is 0 Å². The van der Waals surface area contributed by atoms with Crippen LogP contribution < -0.4 is 5.73 Å². The van der Waals surface area contributed by atoms with Crippen molar-refractivity contribution in [1.82, 2.24) is 0 Å². The number of halogens is 1. The minimum Gasteiger partial charge on any atom is -0.379 e. The molecule has 3 heteroatoms. The van der Waals surface area contributed by atoms with Crippen LogP contribution in [-0.4, -0.2) is 13.2 Å². The molecule has 2 atom stereocenters. The summed E-state index contributed by atoms with van der Waals surface area (Å²) in [5.41, 5.74) is 7.19. The second-order valence-corrected chi connectivity index (χ2v) is 4.08. The first kappa shape index (κ1) is 12.5. The molecule has 0 fully saturated rings. The van der Waals surface area contributed by atoms with Crippen molar-refractivity contribution in [2.75, 3.05) is 7.11 Å². The maximum atomic E-state index is 6.12. The topological polar surface area (TPSA) is 35.2 Å². The van der Waals surface area contributed by atoms with Crippen LogP contribution in [0.1, 0.15) is 31.4 Å². The van der Waals surface area contributed by atoms with Crippen LogP contribution in [0.4, 0.5) is 0 Å². The van der Waals surface area contributed by atoms with E-state index in [4.69, 9.17) is 22.1 Å². The molecule has 0 aliphatic heterocycles. The van der Waals surface area contributed by atoms with Gasteiger partial charge in [0.2, 0.25) is 0 Å². The summed E-state index contributed by atoms with van der Waals surface area (Å²) in [5, 5.41) is 0.732. The zero-order valence-electron chi connectivity index (χ0n) is 9.24. The second kappa shape index (κ2) is 6.11. The van der Waals surface area contributed by atoms with Crippen LogP contribution in [0.2, 0.25) is 5.02 Å². The Morgan fingerprint density at radius 1 is 1.33 bits per heavy atom. The van der Waals surface area contributed by atoms with Crippen molar-refractivity contribution < 1.29 is 4.74 Å². The molecule has 0 saturated carbocycles. The Bertz CT molecular complexity index is 286. The van der Waals surface area contributed by atoms with Crippen molar-refractivity contribution in [2.24, 2.45) is 5.73 Å². The molecule has 1 aromatic rings. The van der Waals surface area contributed by atoms with Crippen LogP contribution >= 0.6 is 11.6 Å². The fraction of sp³-hybridized carbons (Fsp3) is 0.500. The summed E-state index contributed by atoms with van der Waals surface area (Å²) in [7, 11) is 1.70. The fourth-order valence-electron chi connectivity index (χ4n) is 1.63. The lowest BCUT2D eigenvalue weighted by Crippen LogP contribution is -2.27.